The van der Waals surface area contributed by atoms with E-state index in [0.29, 0.717) is 32.5 Å². The Kier molecular flexibility index (Phi) is 5.09. The summed E-state index contributed by atoms with van der Waals surface area (Å²) in [6.45, 7) is 5.12. The standard InChI is InChI=1S/C17H23F3N4O3/c1-3-4-11(2)24-10-16(27-15(24)26)5-7-23(8-6-16)14(25)12-9-13(22-21-12)17(18,19)20/h9,11H,3-8,10H2,1-2H3,(H,21,22)/t11-/m0/s1. The minimum absolute atomic E-state index is 0.0892. The molecule has 1 atom stereocenters. The van der Waals surface area contributed by atoms with Crippen molar-refractivity contribution in [2.24, 2.45) is 0 Å². The Hall–Kier alpha value is -2.26. The molecule has 10 heteroatoms. The number of hydrogen-bond acceptors (Lipinski definition) is 4. The summed E-state index contributed by atoms with van der Waals surface area (Å²) in [6, 6.07) is 0.808. The number of carbonyl (C=O) groups excluding carboxylic acids is 2. The van der Waals surface area contributed by atoms with Crippen molar-refractivity contribution in [2.45, 2.75) is 57.3 Å². The smallest absolute Gasteiger partial charge is 0.432 e. The van der Waals surface area contributed by atoms with Gasteiger partial charge in [-0.1, -0.05) is 13.3 Å². The van der Waals surface area contributed by atoms with Crippen molar-refractivity contribution in [1.82, 2.24) is 20.0 Å². The van der Waals surface area contributed by atoms with E-state index in [2.05, 4.69) is 12.0 Å². The molecule has 2 fully saturated rings. The minimum atomic E-state index is -4.58. The number of nitrogens with one attached hydrogen (secondary N) is 1. The normalized spacial score (nSPS) is 20.9. The van der Waals surface area contributed by atoms with E-state index in [9.17, 15) is 22.8 Å². The number of H-pyrrole nitrogens is 1. The summed E-state index contributed by atoms with van der Waals surface area (Å²) >= 11 is 0. The number of piperidine rings is 1. The van der Waals surface area contributed by atoms with Crippen LogP contribution in [-0.4, -0.2) is 63.3 Å². The van der Waals surface area contributed by atoms with Crippen LogP contribution in [0.5, 0.6) is 0 Å². The Bertz CT molecular complexity index is 711. The first-order valence-corrected chi connectivity index (χ1v) is 9.07. The van der Waals surface area contributed by atoms with Crippen molar-refractivity contribution in [3.63, 3.8) is 0 Å². The van der Waals surface area contributed by atoms with Crippen LogP contribution in [0, 0.1) is 0 Å². The number of rotatable bonds is 4. The molecule has 7 nitrogen and oxygen atoms in total. The van der Waals surface area contributed by atoms with Crippen LogP contribution in [-0.2, 0) is 10.9 Å². The third kappa shape index (κ3) is 3.89. The van der Waals surface area contributed by atoms with E-state index in [-0.39, 0.29) is 17.8 Å². The number of carbonyl (C=O) groups is 2. The van der Waals surface area contributed by atoms with Gasteiger partial charge in [-0.2, -0.15) is 18.3 Å². The topological polar surface area (TPSA) is 78.5 Å². The predicted octanol–water partition coefficient (Wildman–Crippen LogP) is 3.04. The number of hydrogen-bond donors (Lipinski definition) is 1. The molecule has 1 aromatic heterocycles. The molecule has 0 saturated carbocycles. The Morgan fingerprint density at radius 3 is 2.63 bits per heavy atom. The number of halogens is 3. The van der Waals surface area contributed by atoms with Gasteiger partial charge in [-0.3, -0.25) is 9.89 Å². The van der Waals surface area contributed by atoms with Crippen molar-refractivity contribution >= 4 is 12.0 Å². The molecule has 1 spiro atoms. The number of alkyl halides is 3. The van der Waals surface area contributed by atoms with Crippen LogP contribution in [0.1, 0.15) is 55.7 Å². The van der Waals surface area contributed by atoms with Crippen LogP contribution in [0.4, 0.5) is 18.0 Å². The summed E-state index contributed by atoms with van der Waals surface area (Å²) in [5.41, 5.74) is -1.94. The maximum Gasteiger partial charge on any atom is 0.432 e. The number of nitrogens with zero attached hydrogens (tertiary/aromatic N) is 3. The zero-order valence-corrected chi connectivity index (χ0v) is 15.3. The van der Waals surface area contributed by atoms with Crippen LogP contribution in [0.15, 0.2) is 6.07 Å². The van der Waals surface area contributed by atoms with E-state index in [1.807, 2.05) is 12.0 Å². The van der Waals surface area contributed by atoms with Crippen LogP contribution in [0.25, 0.3) is 0 Å². The molecular weight excluding hydrogens is 365 g/mol. The van der Waals surface area contributed by atoms with Crippen LogP contribution in [0.2, 0.25) is 0 Å². The average Bonchev–Trinajstić information content (AvgIpc) is 3.21. The van der Waals surface area contributed by atoms with Gasteiger partial charge in [-0.15, -0.1) is 0 Å². The zero-order chi connectivity index (χ0) is 19.8. The van der Waals surface area contributed by atoms with Gasteiger partial charge in [0.1, 0.15) is 11.3 Å². The molecule has 1 aromatic rings. The van der Waals surface area contributed by atoms with Gasteiger partial charge in [-0.25, -0.2) is 4.79 Å². The van der Waals surface area contributed by atoms with Gasteiger partial charge in [0, 0.05) is 38.0 Å². The van der Waals surface area contributed by atoms with Gasteiger partial charge >= 0.3 is 12.3 Å². The van der Waals surface area contributed by atoms with Crippen molar-refractivity contribution in [1.29, 1.82) is 0 Å². The molecule has 0 bridgehead atoms. The van der Waals surface area contributed by atoms with Crippen molar-refractivity contribution in [3.05, 3.63) is 17.5 Å². The number of likely N-dealkylation sites (tertiary alicyclic amines) is 1. The average molecular weight is 388 g/mol. The molecule has 0 unspecified atom stereocenters. The van der Waals surface area contributed by atoms with Crippen LogP contribution < -0.4 is 0 Å². The summed E-state index contributed by atoms with van der Waals surface area (Å²) in [6.07, 6.45) is -2.15. The fraction of sp³-hybridized carbons (Fsp3) is 0.706. The van der Waals surface area contributed by atoms with Crippen LogP contribution >= 0.6 is 0 Å². The largest absolute Gasteiger partial charge is 0.441 e. The maximum atomic E-state index is 12.7. The fourth-order valence-corrected chi connectivity index (χ4v) is 3.68. The van der Waals surface area contributed by atoms with Crippen molar-refractivity contribution in [2.75, 3.05) is 19.6 Å². The fourth-order valence-electron chi connectivity index (χ4n) is 3.68. The highest BCUT2D eigenvalue weighted by Gasteiger charge is 2.48. The second-order valence-electron chi connectivity index (χ2n) is 7.27. The van der Waals surface area contributed by atoms with E-state index in [1.54, 1.807) is 4.90 Å². The lowest BCUT2D eigenvalue weighted by Crippen LogP contribution is -2.49. The lowest BCUT2D eigenvalue weighted by atomic mass is 9.90. The molecule has 0 aromatic carbocycles. The number of ether oxygens (including phenoxy) is 1. The lowest BCUT2D eigenvalue weighted by molar-refractivity contribution is -0.141. The third-order valence-electron chi connectivity index (χ3n) is 5.30. The zero-order valence-electron chi connectivity index (χ0n) is 15.3. The molecule has 2 aliphatic rings. The summed E-state index contributed by atoms with van der Waals surface area (Å²) in [4.78, 5) is 27.8. The summed E-state index contributed by atoms with van der Waals surface area (Å²) in [5, 5.41) is 5.34. The van der Waals surface area contributed by atoms with Gasteiger partial charge in [0.05, 0.1) is 6.54 Å². The molecule has 150 valence electrons. The number of amides is 2. The first-order valence-electron chi connectivity index (χ1n) is 9.07. The van der Waals surface area contributed by atoms with Gasteiger partial charge in [0.15, 0.2) is 5.69 Å². The van der Waals surface area contributed by atoms with E-state index in [4.69, 9.17) is 4.74 Å². The molecule has 27 heavy (non-hydrogen) atoms. The lowest BCUT2D eigenvalue weighted by Gasteiger charge is -2.37. The Morgan fingerprint density at radius 2 is 2.07 bits per heavy atom. The molecule has 0 radical (unpaired) electrons. The molecule has 2 amide bonds. The predicted molar refractivity (Wildman–Crippen MR) is 89.0 cm³/mol. The quantitative estimate of drug-likeness (QED) is 0.860. The number of aromatic amines is 1. The van der Waals surface area contributed by atoms with Crippen LogP contribution in [0.3, 0.4) is 0 Å². The van der Waals surface area contributed by atoms with E-state index in [1.165, 1.54) is 4.90 Å². The highest BCUT2D eigenvalue weighted by molar-refractivity contribution is 5.92. The van der Waals surface area contributed by atoms with Gasteiger partial charge < -0.3 is 14.5 Å². The summed E-state index contributed by atoms with van der Waals surface area (Å²) in [7, 11) is 0. The molecule has 2 aliphatic heterocycles. The highest BCUT2D eigenvalue weighted by atomic mass is 19.4. The summed E-state index contributed by atoms with van der Waals surface area (Å²) in [5.74, 6) is -0.558. The monoisotopic (exact) mass is 388 g/mol. The first-order chi connectivity index (χ1) is 12.6. The second kappa shape index (κ2) is 7.05. The van der Waals surface area contributed by atoms with Gasteiger partial charge in [-0.05, 0) is 13.3 Å². The number of aromatic nitrogens is 2. The van der Waals surface area contributed by atoms with E-state index in [0.717, 1.165) is 18.9 Å². The minimum Gasteiger partial charge on any atom is -0.441 e. The molecular formula is C17H23F3N4O3. The Labute approximate surface area is 154 Å². The molecule has 1 N–H and O–H groups in total. The Morgan fingerprint density at radius 1 is 1.41 bits per heavy atom. The Balaban J connectivity index is 1.61. The van der Waals surface area contributed by atoms with Crippen molar-refractivity contribution in [3.8, 4) is 0 Å². The first kappa shape index (κ1) is 19.5. The maximum absolute atomic E-state index is 12.7. The van der Waals surface area contributed by atoms with Gasteiger partial charge in [0.25, 0.3) is 5.91 Å². The highest BCUT2D eigenvalue weighted by Crippen LogP contribution is 2.35. The third-order valence-corrected chi connectivity index (χ3v) is 5.30. The van der Waals surface area contributed by atoms with E-state index >= 15 is 0 Å². The molecule has 0 aliphatic carbocycles. The van der Waals surface area contributed by atoms with Crippen molar-refractivity contribution < 1.29 is 27.5 Å². The second-order valence-corrected chi connectivity index (χ2v) is 7.27. The van der Waals surface area contributed by atoms with Gasteiger partial charge in [0.2, 0.25) is 0 Å². The van der Waals surface area contributed by atoms with E-state index < -0.39 is 23.4 Å². The molecule has 3 rings (SSSR count). The summed E-state index contributed by atoms with van der Waals surface area (Å²) < 4.78 is 43.6. The molecule has 2 saturated heterocycles. The molecule has 3 heterocycles. The SMILES string of the molecule is CCC[C@H](C)N1CC2(CCN(C(=O)c3cc(C(F)(F)F)[nH]n3)CC2)OC1=O.